The Bertz CT molecular complexity index is 1220. The molecule has 6 nitrogen and oxygen atoms in total. The predicted octanol–water partition coefficient (Wildman–Crippen LogP) is 5.71. The van der Waals surface area contributed by atoms with E-state index < -0.39 is 33.3 Å². The third kappa shape index (κ3) is 6.74. The van der Waals surface area contributed by atoms with Gasteiger partial charge in [-0.15, -0.1) is 0 Å². The van der Waals surface area contributed by atoms with Gasteiger partial charge in [-0.3, -0.25) is 4.79 Å². The van der Waals surface area contributed by atoms with Gasteiger partial charge in [0.15, 0.2) is 9.84 Å². The maximum Gasteiger partial charge on any atom is 0.252 e. The van der Waals surface area contributed by atoms with Gasteiger partial charge in [-0.05, 0) is 80.3 Å². The lowest BCUT2D eigenvalue weighted by Crippen LogP contribution is -2.51. The van der Waals surface area contributed by atoms with Gasteiger partial charge in [-0.2, -0.15) is 0 Å². The summed E-state index contributed by atoms with van der Waals surface area (Å²) in [6.45, 7) is 17.9. The number of rotatable bonds is 10. The monoisotopic (exact) mass is 531 g/mol. The highest BCUT2D eigenvalue weighted by Crippen LogP contribution is 2.41. The van der Waals surface area contributed by atoms with E-state index in [4.69, 9.17) is 4.74 Å². The van der Waals surface area contributed by atoms with E-state index >= 15 is 0 Å². The number of aryl methyl sites for hydroxylation is 2. The van der Waals surface area contributed by atoms with Gasteiger partial charge in [0.05, 0.1) is 0 Å². The fourth-order valence-corrected chi connectivity index (χ4v) is 5.13. The van der Waals surface area contributed by atoms with Crippen molar-refractivity contribution in [1.82, 2.24) is 5.32 Å². The standard InChI is InChI=1S/C30H45NO5S/c1-11-30(12-2,23-13-15-25(20(3)17-23)27(32)31-19-37(10,34)35)24-14-16-26(21(4)18-24)36-22(5)29(9,33)28(6,7)8/h13-18,22,33H,11-12,19H2,1-10H3,(H,31,32). The van der Waals surface area contributed by atoms with Crippen LogP contribution >= 0.6 is 0 Å². The van der Waals surface area contributed by atoms with Gasteiger partial charge >= 0.3 is 0 Å². The van der Waals surface area contributed by atoms with Crippen LogP contribution in [0, 0.1) is 19.3 Å². The van der Waals surface area contributed by atoms with Crippen LogP contribution in [-0.4, -0.2) is 43.3 Å². The van der Waals surface area contributed by atoms with Gasteiger partial charge in [-0.1, -0.05) is 58.9 Å². The normalized spacial score (nSPS) is 15.1. The first-order valence-electron chi connectivity index (χ1n) is 13.0. The molecule has 7 heteroatoms. The number of hydrogen-bond acceptors (Lipinski definition) is 5. The van der Waals surface area contributed by atoms with Crippen LogP contribution in [0.15, 0.2) is 36.4 Å². The van der Waals surface area contributed by atoms with E-state index in [2.05, 4.69) is 31.3 Å². The van der Waals surface area contributed by atoms with Crippen molar-refractivity contribution in [3.63, 3.8) is 0 Å². The summed E-state index contributed by atoms with van der Waals surface area (Å²) in [5.41, 5.74) is 2.90. The molecule has 2 aromatic carbocycles. The summed E-state index contributed by atoms with van der Waals surface area (Å²) in [6, 6.07) is 12.0. The highest BCUT2D eigenvalue weighted by Gasteiger charge is 2.42. The van der Waals surface area contributed by atoms with Gasteiger partial charge in [0.2, 0.25) is 0 Å². The molecule has 0 radical (unpaired) electrons. The van der Waals surface area contributed by atoms with Crippen LogP contribution in [0.1, 0.15) is 93.9 Å². The van der Waals surface area contributed by atoms with E-state index in [0.29, 0.717) is 5.56 Å². The summed E-state index contributed by atoms with van der Waals surface area (Å²) in [4.78, 5) is 12.6. The van der Waals surface area contributed by atoms with Gasteiger partial charge in [0, 0.05) is 17.2 Å². The molecule has 2 rings (SSSR count). The topological polar surface area (TPSA) is 92.7 Å². The third-order valence-corrected chi connectivity index (χ3v) is 8.74. The van der Waals surface area contributed by atoms with Crippen molar-refractivity contribution < 1.29 is 23.1 Å². The summed E-state index contributed by atoms with van der Waals surface area (Å²) in [5.74, 6) is -0.0418. The average Bonchev–Trinajstić information content (AvgIpc) is 2.79. The number of carbonyl (C=O) groups excluding carboxylic acids is 1. The number of hydrogen-bond donors (Lipinski definition) is 2. The molecule has 0 saturated carbocycles. The lowest BCUT2D eigenvalue weighted by molar-refractivity contribution is -0.112. The van der Waals surface area contributed by atoms with Crippen molar-refractivity contribution in [2.24, 2.45) is 5.41 Å². The van der Waals surface area contributed by atoms with Crippen LogP contribution in [0.3, 0.4) is 0 Å². The highest BCUT2D eigenvalue weighted by atomic mass is 32.2. The van der Waals surface area contributed by atoms with Gasteiger partial charge < -0.3 is 15.2 Å². The number of ether oxygens (including phenoxy) is 1. The molecule has 0 fully saturated rings. The fourth-order valence-electron chi connectivity index (χ4n) is 4.74. The van der Waals surface area contributed by atoms with Gasteiger partial charge in [0.1, 0.15) is 23.3 Å². The molecule has 206 valence electrons. The van der Waals surface area contributed by atoms with Crippen molar-refractivity contribution >= 4 is 15.7 Å². The number of benzene rings is 2. The second-order valence-electron chi connectivity index (χ2n) is 11.5. The molecule has 0 bridgehead atoms. The number of amides is 1. The van der Waals surface area contributed by atoms with Crippen LogP contribution in [0.4, 0.5) is 0 Å². The molecule has 0 spiro atoms. The van der Waals surface area contributed by atoms with E-state index in [1.54, 1.807) is 6.07 Å². The summed E-state index contributed by atoms with van der Waals surface area (Å²) >= 11 is 0. The van der Waals surface area contributed by atoms with E-state index in [9.17, 15) is 18.3 Å². The maximum absolute atomic E-state index is 12.6. The highest BCUT2D eigenvalue weighted by molar-refractivity contribution is 7.90. The first-order valence-corrected chi connectivity index (χ1v) is 15.0. The average molecular weight is 532 g/mol. The van der Waals surface area contributed by atoms with Crippen LogP contribution in [0.5, 0.6) is 5.75 Å². The van der Waals surface area contributed by atoms with Crippen LogP contribution in [-0.2, 0) is 15.3 Å². The number of carbonyl (C=O) groups is 1. The Hall–Kier alpha value is -2.38. The molecule has 0 aromatic heterocycles. The van der Waals surface area contributed by atoms with Crippen molar-refractivity contribution in [2.45, 2.75) is 92.3 Å². The zero-order chi connectivity index (χ0) is 28.4. The molecule has 0 aliphatic carbocycles. The first-order chi connectivity index (χ1) is 16.9. The van der Waals surface area contributed by atoms with Crippen LogP contribution < -0.4 is 10.1 Å². The Labute approximate surface area is 223 Å². The third-order valence-electron chi connectivity index (χ3n) is 8.07. The van der Waals surface area contributed by atoms with E-state index in [1.807, 2.05) is 66.7 Å². The Balaban J connectivity index is 2.42. The van der Waals surface area contributed by atoms with Crippen molar-refractivity contribution in [3.05, 3.63) is 64.2 Å². The molecule has 2 N–H and O–H groups in total. The molecular formula is C30H45NO5S. The molecule has 0 aliphatic heterocycles. The Morgan fingerprint density at radius 3 is 1.92 bits per heavy atom. The maximum atomic E-state index is 12.6. The lowest BCUT2D eigenvalue weighted by atomic mass is 9.70. The van der Waals surface area contributed by atoms with E-state index in [0.717, 1.165) is 47.1 Å². The Morgan fingerprint density at radius 1 is 0.973 bits per heavy atom. The smallest absolute Gasteiger partial charge is 0.252 e. The van der Waals surface area contributed by atoms with Gasteiger partial charge in [-0.25, -0.2) is 8.42 Å². The molecule has 1 amide bonds. The number of nitrogens with one attached hydrogen (secondary N) is 1. The molecule has 0 aliphatic rings. The summed E-state index contributed by atoms with van der Waals surface area (Å²) in [7, 11) is -3.30. The molecule has 0 heterocycles. The second kappa shape index (κ2) is 11.2. The molecule has 2 unspecified atom stereocenters. The molecule has 2 aromatic rings. The Morgan fingerprint density at radius 2 is 1.49 bits per heavy atom. The number of aliphatic hydroxyl groups is 1. The molecule has 0 saturated heterocycles. The van der Waals surface area contributed by atoms with Crippen molar-refractivity contribution in [3.8, 4) is 5.75 Å². The summed E-state index contributed by atoms with van der Waals surface area (Å²) in [6.07, 6.45) is 2.41. The summed E-state index contributed by atoms with van der Waals surface area (Å²) in [5, 5.41) is 13.5. The first kappa shape index (κ1) is 30.8. The SMILES string of the molecule is CCC(CC)(c1ccc(OC(C)C(C)(O)C(C)(C)C)c(C)c1)c1ccc(C(=O)NCS(C)(=O)=O)c(C)c1. The largest absolute Gasteiger partial charge is 0.487 e. The second-order valence-corrected chi connectivity index (χ2v) is 13.7. The molecular weight excluding hydrogens is 486 g/mol. The quantitative estimate of drug-likeness (QED) is 0.410. The Kier molecular flexibility index (Phi) is 9.30. The van der Waals surface area contributed by atoms with Gasteiger partial charge in [0.25, 0.3) is 5.91 Å². The van der Waals surface area contributed by atoms with Crippen LogP contribution in [0.25, 0.3) is 0 Å². The van der Waals surface area contributed by atoms with Crippen molar-refractivity contribution in [1.29, 1.82) is 0 Å². The zero-order valence-electron chi connectivity index (χ0n) is 24.2. The zero-order valence-corrected chi connectivity index (χ0v) is 25.0. The lowest BCUT2D eigenvalue weighted by Gasteiger charge is -2.41. The van der Waals surface area contributed by atoms with E-state index in [-0.39, 0.29) is 10.8 Å². The fraction of sp³-hybridized carbons (Fsp3) is 0.567. The minimum absolute atomic E-state index is 0.266. The number of sulfone groups is 1. The minimum atomic E-state index is -3.30. The summed E-state index contributed by atoms with van der Waals surface area (Å²) < 4.78 is 29.1. The predicted molar refractivity (Wildman–Crippen MR) is 151 cm³/mol. The van der Waals surface area contributed by atoms with Crippen molar-refractivity contribution in [2.75, 3.05) is 12.1 Å². The minimum Gasteiger partial charge on any atom is -0.487 e. The van der Waals surface area contributed by atoms with E-state index in [1.165, 1.54) is 0 Å². The van der Waals surface area contributed by atoms with Crippen LogP contribution in [0.2, 0.25) is 0 Å². The molecule has 2 atom stereocenters. The molecule has 37 heavy (non-hydrogen) atoms.